The summed E-state index contributed by atoms with van der Waals surface area (Å²) >= 11 is 0. The van der Waals surface area contributed by atoms with Crippen molar-refractivity contribution in [3.8, 4) is 6.07 Å². The minimum atomic E-state index is -3.10. The molecule has 3 heterocycles. The number of hydrogen-bond donors (Lipinski definition) is 1. The SMILES string of the molecule is CN1CCN(/C=C/c2ccc3nccc(C(=O)NCC(=O)N4CC(F)(F)C[C@H]4C#N)c3c2)CC1. The minimum absolute atomic E-state index is 0.330. The molecule has 0 aliphatic carbocycles. The van der Waals surface area contributed by atoms with Crippen molar-refractivity contribution in [2.75, 3.05) is 46.3 Å². The second-order valence-electron chi connectivity index (χ2n) is 8.70. The molecule has 10 heteroatoms. The number of alkyl halides is 2. The Bertz CT molecular complexity index is 1150. The van der Waals surface area contributed by atoms with Crippen molar-refractivity contribution in [1.29, 1.82) is 5.26 Å². The van der Waals surface area contributed by atoms with Gasteiger partial charge in [-0.05, 0) is 43.1 Å². The maximum absolute atomic E-state index is 13.6. The molecule has 0 spiro atoms. The Balaban J connectivity index is 1.45. The lowest BCUT2D eigenvalue weighted by Crippen LogP contribution is -2.43. The zero-order valence-electron chi connectivity index (χ0n) is 18.9. The van der Waals surface area contributed by atoms with Gasteiger partial charge in [-0.3, -0.25) is 14.6 Å². The molecule has 0 saturated carbocycles. The van der Waals surface area contributed by atoms with E-state index in [0.29, 0.717) is 16.5 Å². The number of halogens is 2. The summed E-state index contributed by atoms with van der Waals surface area (Å²) in [6, 6.07) is 7.69. The van der Waals surface area contributed by atoms with Crippen LogP contribution >= 0.6 is 0 Å². The van der Waals surface area contributed by atoms with E-state index in [1.165, 1.54) is 6.20 Å². The second kappa shape index (κ2) is 9.73. The molecule has 2 fully saturated rings. The largest absolute Gasteiger partial charge is 0.375 e. The number of nitrogens with zero attached hydrogens (tertiary/aromatic N) is 5. The van der Waals surface area contributed by atoms with Gasteiger partial charge in [0.1, 0.15) is 6.04 Å². The van der Waals surface area contributed by atoms with E-state index in [1.807, 2.05) is 30.5 Å². The molecule has 1 atom stereocenters. The number of likely N-dealkylation sites (tertiary alicyclic amines) is 1. The number of hydrogen-bond acceptors (Lipinski definition) is 6. The summed E-state index contributed by atoms with van der Waals surface area (Å²) in [5.41, 5.74) is 1.86. The van der Waals surface area contributed by atoms with Crippen molar-refractivity contribution in [3.05, 3.63) is 47.8 Å². The number of fused-ring (bicyclic) bond motifs is 1. The lowest BCUT2D eigenvalue weighted by molar-refractivity contribution is -0.131. The second-order valence-corrected chi connectivity index (χ2v) is 8.70. The Morgan fingerprint density at radius 2 is 2.03 bits per heavy atom. The molecule has 2 aromatic rings. The van der Waals surface area contributed by atoms with Gasteiger partial charge in [-0.25, -0.2) is 8.78 Å². The number of carbonyl (C=O) groups is 2. The van der Waals surface area contributed by atoms with Crippen LogP contribution < -0.4 is 5.32 Å². The maximum atomic E-state index is 13.6. The molecule has 0 bridgehead atoms. The highest BCUT2D eigenvalue weighted by Crippen LogP contribution is 2.31. The number of amides is 2. The highest BCUT2D eigenvalue weighted by atomic mass is 19.3. The highest BCUT2D eigenvalue weighted by Gasteiger charge is 2.47. The summed E-state index contributed by atoms with van der Waals surface area (Å²) in [6.45, 7) is 2.60. The molecular weight excluding hydrogens is 442 g/mol. The van der Waals surface area contributed by atoms with Gasteiger partial charge in [0.25, 0.3) is 11.8 Å². The fourth-order valence-corrected chi connectivity index (χ4v) is 4.18. The first kappa shape index (κ1) is 23.6. The Hall–Kier alpha value is -3.58. The molecule has 2 amide bonds. The summed E-state index contributed by atoms with van der Waals surface area (Å²) in [7, 11) is 2.10. The first-order valence-electron chi connectivity index (χ1n) is 11.1. The fraction of sp³-hybridized carbons (Fsp3) is 0.417. The van der Waals surface area contributed by atoms with Gasteiger partial charge in [0, 0.05) is 44.2 Å². The van der Waals surface area contributed by atoms with Crippen molar-refractivity contribution < 1.29 is 18.4 Å². The number of likely N-dealkylation sites (N-methyl/N-ethyl adjacent to an activating group) is 1. The van der Waals surface area contributed by atoms with Crippen molar-refractivity contribution >= 4 is 28.8 Å². The van der Waals surface area contributed by atoms with Gasteiger partial charge in [-0.2, -0.15) is 5.26 Å². The minimum Gasteiger partial charge on any atom is -0.375 e. The molecule has 0 unspecified atom stereocenters. The van der Waals surface area contributed by atoms with Gasteiger partial charge in [-0.15, -0.1) is 0 Å². The van der Waals surface area contributed by atoms with Crippen molar-refractivity contribution in [3.63, 3.8) is 0 Å². The molecule has 178 valence electrons. The van der Waals surface area contributed by atoms with Crippen molar-refractivity contribution in [2.24, 2.45) is 0 Å². The molecule has 1 aromatic heterocycles. The van der Waals surface area contributed by atoms with E-state index in [2.05, 4.69) is 27.1 Å². The number of rotatable bonds is 5. The van der Waals surface area contributed by atoms with Gasteiger partial charge < -0.3 is 20.0 Å². The smallest absolute Gasteiger partial charge is 0.268 e. The predicted octanol–water partition coefficient (Wildman–Crippen LogP) is 1.94. The van der Waals surface area contributed by atoms with Crippen LogP contribution in [0.25, 0.3) is 17.0 Å². The van der Waals surface area contributed by atoms with Crippen LogP contribution in [0.2, 0.25) is 0 Å². The predicted molar refractivity (Wildman–Crippen MR) is 123 cm³/mol. The normalized spacial score (nSPS) is 20.6. The van der Waals surface area contributed by atoms with Gasteiger partial charge >= 0.3 is 0 Å². The zero-order valence-corrected chi connectivity index (χ0v) is 18.9. The first-order chi connectivity index (χ1) is 16.3. The summed E-state index contributed by atoms with van der Waals surface area (Å²) in [5, 5.41) is 12.2. The number of nitrogens with one attached hydrogen (secondary N) is 1. The average Bonchev–Trinajstić information content (AvgIpc) is 3.16. The molecule has 0 radical (unpaired) electrons. The van der Waals surface area contributed by atoms with E-state index in [4.69, 9.17) is 5.26 Å². The first-order valence-corrected chi connectivity index (χ1v) is 11.1. The van der Waals surface area contributed by atoms with E-state index in [9.17, 15) is 18.4 Å². The van der Waals surface area contributed by atoms with Crippen LogP contribution in [0.3, 0.4) is 0 Å². The Kier molecular flexibility index (Phi) is 6.75. The van der Waals surface area contributed by atoms with E-state index in [0.717, 1.165) is 36.6 Å². The number of pyridine rings is 1. The molecule has 1 aromatic carbocycles. The molecule has 1 N–H and O–H groups in total. The number of aromatic nitrogens is 1. The average molecular weight is 469 g/mol. The lowest BCUT2D eigenvalue weighted by Gasteiger charge is -2.31. The third-order valence-corrected chi connectivity index (χ3v) is 6.17. The molecule has 8 nitrogen and oxygen atoms in total. The van der Waals surface area contributed by atoms with Gasteiger partial charge in [-0.1, -0.05) is 6.07 Å². The number of nitriles is 1. The van der Waals surface area contributed by atoms with Crippen LogP contribution in [-0.2, 0) is 4.79 Å². The number of benzene rings is 1. The third kappa shape index (κ3) is 5.31. The van der Waals surface area contributed by atoms with Crippen LogP contribution in [-0.4, -0.2) is 89.8 Å². The van der Waals surface area contributed by atoms with E-state index >= 15 is 0 Å². The maximum Gasteiger partial charge on any atom is 0.268 e. The quantitative estimate of drug-likeness (QED) is 0.721. The summed E-state index contributed by atoms with van der Waals surface area (Å²) < 4.78 is 27.2. The summed E-state index contributed by atoms with van der Waals surface area (Å²) in [4.78, 5) is 34.9. The van der Waals surface area contributed by atoms with Gasteiger partial charge in [0.15, 0.2) is 0 Å². The molecule has 34 heavy (non-hydrogen) atoms. The Morgan fingerprint density at radius 3 is 2.76 bits per heavy atom. The van der Waals surface area contributed by atoms with Crippen LogP contribution in [0.15, 0.2) is 36.7 Å². The highest BCUT2D eigenvalue weighted by molar-refractivity contribution is 6.07. The summed E-state index contributed by atoms with van der Waals surface area (Å²) in [5.74, 6) is -4.33. The molecule has 4 rings (SSSR count). The van der Waals surface area contributed by atoms with Crippen LogP contribution in [0.1, 0.15) is 22.3 Å². The van der Waals surface area contributed by atoms with Crippen molar-refractivity contribution in [2.45, 2.75) is 18.4 Å². The van der Waals surface area contributed by atoms with Gasteiger partial charge in [0.2, 0.25) is 5.91 Å². The molecular formula is C24H26F2N6O2. The third-order valence-electron chi connectivity index (χ3n) is 6.17. The fourth-order valence-electron chi connectivity index (χ4n) is 4.18. The Labute approximate surface area is 196 Å². The summed E-state index contributed by atoms with van der Waals surface area (Å²) in [6.07, 6.45) is 4.84. The molecule has 2 aliphatic rings. The molecule has 2 saturated heterocycles. The zero-order chi connectivity index (χ0) is 24.3. The van der Waals surface area contributed by atoms with Gasteiger partial charge in [0.05, 0.1) is 30.2 Å². The van der Waals surface area contributed by atoms with Crippen LogP contribution in [0, 0.1) is 11.3 Å². The van der Waals surface area contributed by atoms with E-state index in [1.54, 1.807) is 12.1 Å². The van der Waals surface area contributed by atoms with E-state index in [-0.39, 0.29) is 0 Å². The standard InChI is InChI=1S/C24H26F2N6O2/c1-30-8-10-31(11-9-30)7-5-17-2-3-21-20(12-17)19(4-6-28-21)23(34)29-15-22(33)32-16-24(25,26)13-18(32)14-27/h2-7,12,18H,8-11,13,15-16H2,1H3,(H,29,34)/b7-5+/t18-/m0/s1. The number of piperazine rings is 1. The lowest BCUT2D eigenvalue weighted by atomic mass is 10.1. The van der Waals surface area contributed by atoms with E-state index < -0.39 is 43.3 Å². The topological polar surface area (TPSA) is 92.6 Å². The number of carbonyl (C=O) groups excluding carboxylic acids is 2. The monoisotopic (exact) mass is 468 g/mol. The van der Waals surface area contributed by atoms with Crippen LogP contribution in [0.4, 0.5) is 8.78 Å². The molecule has 2 aliphatic heterocycles. The van der Waals surface area contributed by atoms with Crippen molar-refractivity contribution in [1.82, 2.24) is 25.0 Å². The Morgan fingerprint density at radius 1 is 1.26 bits per heavy atom. The van der Waals surface area contributed by atoms with Crippen LogP contribution in [0.5, 0.6) is 0 Å².